The van der Waals surface area contributed by atoms with Crippen molar-refractivity contribution in [3.05, 3.63) is 33.0 Å². The van der Waals surface area contributed by atoms with Gasteiger partial charge in [0, 0.05) is 24.4 Å². The molecule has 2 aliphatic rings. The second-order valence-corrected chi connectivity index (χ2v) is 9.09. The zero-order valence-electron chi connectivity index (χ0n) is 15.7. The highest BCUT2D eigenvalue weighted by molar-refractivity contribution is 7.71. The highest BCUT2D eigenvalue weighted by Gasteiger charge is 2.28. The summed E-state index contributed by atoms with van der Waals surface area (Å²) in [7, 11) is 2.00. The maximum absolute atomic E-state index is 12.0. The SMILES string of the molecule is Cn1c(Cc2cccs2)nn(C[NH+]2CC[NH+](CC(=O)NC3CC3)CC2)c1=S. The topological polar surface area (TPSA) is 60.7 Å². The molecule has 0 unspecified atom stereocenters. The largest absolute Gasteiger partial charge is 0.348 e. The molecule has 2 fully saturated rings. The Hall–Kier alpha value is -1.55. The number of carbonyl (C=O) groups is 1. The molecule has 0 bridgehead atoms. The van der Waals surface area contributed by atoms with Crippen LogP contribution < -0.4 is 15.1 Å². The van der Waals surface area contributed by atoms with E-state index in [1.165, 1.54) is 14.7 Å². The first-order valence-corrected chi connectivity index (χ1v) is 11.0. The summed E-state index contributed by atoms with van der Waals surface area (Å²) in [6.45, 7) is 5.55. The van der Waals surface area contributed by atoms with Gasteiger partial charge < -0.3 is 19.7 Å². The number of piperazine rings is 1. The summed E-state index contributed by atoms with van der Waals surface area (Å²) in [6.07, 6.45) is 3.13. The van der Waals surface area contributed by atoms with Gasteiger partial charge in [0.1, 0.15) is 32.0 Å². The van der Waals surface area contributed by atoms with Crippen LogP contribution >= 0.6 is 23.6 Å². The molecule has 1 aliphatic carbocycles. The number of hydrogen-bond donors (Lipinski definition) is 3. The number of aromatic nitrogens is 3. The zero-order valence-corrected chi connectivity index (χ0v) is 17.4. The van der Waals surface area contributed by atoms with Crippen molar-refractivity contribution in [1.82, 2.24) is 19.7 Å². The third-order valence-electron chi connectivity index (χ3n) is 5.43. The van der Waals surface area contributed by atoms with Crippen LogP contribution in [0.3, 0.4) is 0 Å². The van der Waals surface area contributed by atoms with Crippen LogP contribution in [0.25, 0.3) is 0 Å². The van der Waals surface area contributed by atoms with Gasteiger partial charge in [0.2, 0.25) is 4.77 Å². The van der Waals surface area contributed by atoms with Crippen LogP contribution in [0.1, 0.15) is 23.5 Å². The van der Waals surface area contributed by atoms with Crippen LogP contribution in [-0.2, 0) is 24.9 Å². The minimum atomic E-state index is 0.209. The Morgan fingerprint density at radius 2 is 2.07 bits per heavy atom. The van der Waals surface area contributed by atoms with E-state index in [0.717, 1.165) is 62.7 Å². The Kier molecular flexibility index (Phi) is 5.72. The minimum Gasteiger partial charge on any atom is -0.348 e. The van der Waals surface area contributed by atoms with Crippen molar-refractivity contribution in [3.63, 3.8) is 0 Å². The predicted molar refractivity (Wildman–Crippen MR) is 107 cm³/mol. The minimum absolute atomic E-state index is 0.209. The van der Waals surface area contributed by atoms with E-state index in [0.29, 0.717) is 12.6 Å². The summed E-state index contributed by atoms with van der Waals surface area (Å²) in [6, 6.07) is 4.67. The van der Waals surface area contributed by atoms with Crippen molar-refractivity contribution in [2.24, 2.45) is 7.05 Å². The Balaban J connectivity index is 1.29. The monoisotopic (exact) mass is 408 g/mol. The summed E-state index contributed by atoms with van der Waals surface area (Å²) in [4.78, 5) is 16.2. The normalized spacial score (nSPS) is 22.7. The van der Waals surface area contributed by atoms with Crippen molar-refractivity contribution < 1.29 is 14.6 Å². The molecule has 0 radical (unpaired) electrons. The highest BCUT2D eigenvalue weighted by Crippen LogP contribution is 2.18. The molecule has 7 nitrogen and oxygen atoms in total. The fourth-order valence-electron chi connectivity index (χ4n) is 3.60. The van der Waals surface area contributed by atoms with Crippen LogP contribution in [0.4, 0.5) is 0 Å². The molecule has 3 N–H and O–H groups in total. The van der Waals surface area contributed by atoms with Crippen LogP contribution in [-0.4, -0.2) is 59.0 Å². The standard InChI is InChI=1S/C18H26N6OS2/c1-21-16(11-15-3-2-10-27-15)20-24(18(21)26)13-23-8-6-22(7-9-23)12-17(25)19-14-4-5-14/h2-3,10,14H,4-9,11-13H2,1H3,(H,19,25)/p+2. The Bertz CT molecular complexity index is 831. The molecule has 0 atom stereocenters. The molecular formula is C18H28N6OS2+2. The third-order valence-corrected chi connectivity index (χ3v) is 6.80. The summed E-state index contributed by atoms with van der Waals surface area (Å²) >= 11 is 7.35. The lowest BCUT2D eigenvalue weighted by Gasteiger charge is -2.29. The Morgan fingerprint density at radius 3 is 2.74 bits per heavy atom. The molecule has 4 rings (SSSR count). The van der Waals surface area contributed by atoms with E-state index in [2.05, 4.69) is 22.8 Å². The van der Waals surface area contributed by atoms with Crippen LogP contribution in [0.5, 0.6) is 0 Å². The van der Waals surface area contributed by atoms with Crippen LogP contribution in [0.15, 0.2) is 17.5 Å². The van der Waals surface area contributed by atoms with Gasteiger partial charge in [-0.3, -0.25) is 4.79 Å². The van der Waals surface area contributed by atoms with Crippen LogP contribution in [0.2, 0.25) is 0 Å². The van der Waals surface area contributed by atoms with Gasteiger partial charge in [0.05, 0.1) is 0 Å². The van der Waals surface area contributed by atoms with E-state index in [4.69, 9.17) is 17.3 Å². The molecule has 2 aromatic rings. The smallest absolute Gasteiger partial charge is 0.275 e. The number of nitrogens with zero attached hydrogens (tertiary/aromatic N) is 3. The second kappa shape index (κ2) is 8.22. The first-order valence-electron chi connectivity index (χ1n) is 9.70. The number of quaternary nitrogens is 2. The first-order chi connectivity index (χ1) is 13.1. The van der Waals surface area contributed by atoms with Gasteiger partial charge in [-0.05, 0) is 36.5 Å². The number of nitrogens with one attached hydrogen (secondary N) is 3. The van der Waals surface area contributed by atoms with Gasteiger partial charge in [-0.1, -0.05) is 6.07 Å². The lowest BCUT2D eigenvalue weighted by atomic mass is 10.3. The van der Waals surface area contributed by atoms with E-state index in [1.54, 1.807) is 11.3 Å². The lowest BCUT2D eigenvalue weighted by Crippen LogP contribution is -3.28. The van der Waals surface area contributed by atoms with Crippen molar-refractivity contribution in [1.29, 1.82) is 0 Å². The number of thiophene rings is 1. The van der Waals surface area contributed by atoms with E-state index in [-0.39, 0.29) is 5.91 Å². The van der Waals surface area contributed by atoms with Gasteiger partial charge in [0.15, 0.2) is 13.2 Å². The fraction of sp³-hybridized carbons (Fsp3) is 0.611. The van der Waals surface area contributed by atoms with Crippen molar-refractivity contribution in [2.75, 3.05) is 32.7 Å². The summed E-state index contributed by atoms with van der Waals surface area (Å²) in [5.74, 6) is 1.23. The molecular weight excluding hydrogens is 380 g/mol. The molecule has 0 spiro atoms. The Morgan fingerprint density at radius 1 is 1.33 bits per heavy atom. The predicted octanol–water partition coefficient (Wildman–Crippen LogP) is -1.38. The number of hydrogen-bond acceptors (Lipinski definition) is 4. The number of rotatable bonds is 7. The maximum Gasteiger partial charge on any atom is 0.275 e. The molecule has 1 saturated carbocycles. The molecule has 9 heteroatoms. The molecule has 1 amide bonds. The van der Waals surface area contributed by atoms with E-state index in [1.807, 2.05) is 16.3 Å². The van der Waals surface area contributed by atoms with Gasteiger partial charge in [-0.15, -0.1) is 11.3 Å². The van der Waals surface area contributed by atoms with Gasteiger partial charge in [-0.2, -0.15) is 9.78 Å². The second-order valence-electron chi connectivity index (χ2n) is 7.69. The first kappa shape index (κ1) is 18.8. The zero-order chi connectivity index (χ0) is 18.8. The van der Waals surface area contributed by atoms with Gasteiger partial charge in [-0.25, -0.2) is 0 Å². The molecule has 1 aliphatic heterocycles. The summed E-state index contributed by atoms with van der Waals surface area (Å²) in [5, 5.41) is 9.96. The average molecular weight is 409 g/mol. The quantitative estimate of drug-likeness (QED) is 0.495. The fourth-order valence-corrected chi connectivity index (χ4v) is 4.51. The van der Waals surface area contributed by atoms with Gasteiger partial charge >= 0.3 is 0 Å². The third kappa shape index (κ3) is 4.84. The number of amides is 1. The molecule has 0 aromatic carbocycles. The molecule has 1 saturated heterocycles. The van der Waals surface area contributed by atoms with E-state index >= 15 is 0 Å². The highest BCUT2D eigenvalue weighted by atomic mass is 32.1. The van der Waals surface area contributed by atoms with E-state index in [9.17, 15) is 4.79 Å². The number of carbonyl (C=O) groups excluding carboxylic acids is 1. The molecule has 146 valence electrons. The molecule has 3 heterocycles. The average Bonchev–Trinajstić information content (AvgIpc) is 3.24. The van der Waals surface area contributed by atoms with Crippen molar-refractivity contribution >= 4 is 29.5 Å². The maximum atomic E-state index is 12.0. The van der Waals surface area contributed by atoms with Crippen LogP contribution in [0, 0.1) is 4.77 Å². The van der Waals surface area contributed by atoms with E-state index < -0.39 is 0 Å². The lowest BCUT2D eigenvalue weighted by molar-refractivity contribution is -1.02. The molecule has 27 heavy (non-hydrogen) atoms. The summed E-state index contributed by atoms with van der Waals surface area (Å²) in [5.41, 5.74) is 0. The van der Waals surface area contributed by atoms with Crippen molar-refractivity contribution in [2.45, 2.75) is 32.0 Å². The molecule has 2 aromatic heterocycles. The van der Waals surface area contributed by atoms with Gasteiger partial charge in [0.25, 0.3) is 5.91 Å². The van der Waals surface area contributed by atoms with Crippen molar-refractivity contribution in [3.8, 4) is 0 Å². The summed E-state index contributed by atoms with van der Waals surface area (Å²) < 4.78 is 4.78. The Labute approximate surface area is 168 Å².